The molecule has 3 fully saturated rings. The number of H-pyrrole nitrogens is 1. The van der Waals surface area contributed by atoms with Crippen molar-refractivity contribution in [3.8, 4) is 0 Å². The van der Waals surface area contributed by atoms with Gasteiger partial charge in [-0.15, -0.1) is 0 Å². The second-order valence-corrected chi connectivity index (χ2v) is 15.4. The van der Waals surface area contributed by atoms with E-state index in [-0.39, 0.29) is 30.1 Å². The lowest BCUT2D eigenvalue weighted by Gasteiger charge is -2.43. The Balaban J connectivity index is 1.14. The summed E-state index contributed by atoms with van der Waals surface area (Å²) in [5, 5.41) is 8.58. The summed E-state index contributed by atoms with van der Waals surface area (Å²) in [7, 11) is 2.17. The predicted octanol–water partition coefficient (Wildman–Crippen LogP) is 4.97. The molecule has 56 heavy (non-hydrogen) atoms. The molecular weight excluding hydrogens is 713 g/mol. The number of carbonyl (C=O) groups excluding carboxylic acids is 3. The molecule has 0 bridgehead atoms. The number of aromatic nitrogens is 3. The highest BCUT2D eigenvalue weighted by Gasteiger charge is 2.34. The molecule has 14 heteroatoms. The van der Waals surface area contributed by atoms with E-state index < -0.39 is 12.2 Å². The predicted molar refractivity (Wildman–Crippen MR) is 217 cm³/mol. The lowest BCUT2D eigenvalue weighted by molar-refractivity contribution is -0.135. The van der Waals surface area contributed by atoms with Gasteiger partial charge < -0.3 is 34.5 Å². The third-order valence-electron chi connectivity index (χ3n) is 11.6. The van der Waals surface area contributed by atoms with Gasteiger partial charge >= 0.3 is 12.2 Å². The molecule has 14 nitrogen and oxygen atoms in total. The molecule has 2 N–H and O–H groups in total. The number of ether oxygens (including phenoxy) is 2. The number of hydrogen-bond acceptors (Lipinski definition) is 9. The number of nitrogens with zero attached hydrogens (tertiary/aromatic N) is 6. The van der Waals surface area contributed by atoms with E-state index in [2.05, 4.69) is 45.4 Å². The zero-order valence-corrected chi connectivity index (χ0v) is 33.3. The molecule has 2 aromatic heterocycles. The van der Waals surface area contributed by atoms with Gasteiger partial charge in [-0.05, 0) is 100.0 Å². The smallest absolute Gasteiger partial charge is 0.434 e. The largest absolute Gasteiger partial charge is 0.510 e. The van der Waals surface area contributed by atoms with Crippen LogP contribution in [0.15, 0.2) is 42.3 Å². The van der Waals surface area contributed by atoms with Gasteiger partial charge in [-0.2, -0.15) is 5.10 Å². The van der Waals surface area contributed by atoms with Crippen molar-refractivity contribution in [2.24, 2.45) is 0 Å². The minimum Gasteiger partial charge on any atom is -0.434 e. The lowest BCUT2D eigenvalue weighted by Crippen LogP contribution is -2.59. The number of aromatic amines is 1. The fourth-order valence-electron chi connectivity index (χ4n) is 8.26. The van der Waals surface area contributed by atoms with Crippen molar-refractivity contribution >= 4 is 41.1 Å². The van der Waals surface area contributed by atoms with Crippen molar-refractivity contribution in [3.05, 3.63) is 75.9 Å². The Hall–Kier alpha value is -4.95. The summed E-state index contributed by atoms with van der Waals surface area (Å²) in [6.07, 6.45) is 9.89. The van der Waals surface area contributed by atoms with Crippen LogP contribution in [-0.2, 0) is 27.4 Å². The molecular formula is C42H58N8O6. The number of rotatable bonds is 13. The first-order valence-corrected chi connectivity index (χ1v) is 20.1. The van der Waals surface area contributed by atoms with Crippen molar-refractivity contribution < 1.29 is 23.9 Å². The Morgan fingerprint density at radius 1 is 0.964 bits per heavy atom. The average Bonchev–Trinajstić information content (AvgIpc) is 3.63. The Morgan fingerprint density at radius 2 is 1.70 bits per heavy atom. The summed E-state index contributed by atoms with van der Waals surface area (Å²) >= 11 is 0. The maximum atomic E-state index is 14.4. The summed E-state index contributed by atoms with van der Waals surface area (Å²) < 4.78 is 11.9. The summed E-state index contributed by atoms with van der Waals surface area (Å²) in [5.41, 5.74) is 4.55. The minimum absolute atomic E-state index is 0.00798. The van der Waals surface area contributed by atoms with E-state index in [9.17, 15) is 19.2 Å². The van der Waals surface area contributed by atoms with Gasteiger partial charge in [0.1, 0.15) is 6.04 Å². The van der Waals surface area contributed by atoms with E-state index in [0.717, 1.165) is 79.5 Å². The number of aryl methyl sites for hydroxylation is 1. The van der Waals surface area contributed by atoms with Crippen LogP contribution >= 0.6 is 0 Å². The van der Waals surface area contributed by atoms with E-state index in [1.165, 1.54) is 0 Å². The van der Waals surface area contributed by atoms with Crippen molar-refractivity contribution in [1.82, 2.24) is 39.7 Å². The first-order chi connectivity index (χ1) is 27.1. The van der Waals surface area contributed by atoms with Crippen molar-refractivity contribution in [2.75, 3.05) is 66.0 Å². The van der Waals surface area contributed by atoms with Crippen LogP contribution in [0.25, 0.3) is 23.1 Å². The number of amides is 3. The van der Waals surface area contributed by atoms with Gasteiger partial charge in [0.2, 0.25) is 5.91 Å². The van der Waals surface area contributed by atoms with Gasteiger partial charge in [0, 0.05) is 74.6 Å². The Labute approximate surface area is 329 Å². The van der Waals surface area contributed by atoms with Crippen LogP contribution in [0, 0.1) is 6.92 Å². The number of carbonyl (C=O) groups is 3. The molecule has 0 saturated carbocycles. The fraction of sp³-hybridized carbons (Fsp3) is 0.548. The number of pyridine rings is 1. The molecule has 3 aromatic rings. The molecule has 0 aliphatic carbocycles. The van der Waals surface area contributed by atoms with Crippen LogP contribution in [0.4, 0.5) is 9.59 Å². The Bertz CT molecular complexity index is 1930. The van der Waals surface area contributed by atoms with Crippen molar-refractivity contribution in [1.29, 1.82) is 0 Å². The molecule has 302 valence electrons. The third-order valence-corrected chi connectivity index (χ3v) is 11.6. The van der Waals surface area contributed by atoms with Crippen LogP contribution in [0.1, 0.15) is 79.3 Å². The molecule has 3 aliphatic rings. The molecule has 1 aromatic carbocycles. The highest BCUT2D eigenvalue weighted by atomic mass is 16.7. The molecule has 1 atom stereocenters. The quantitative estimate of drug-likeness (QED) is 0.182. The second kappa shape index (κ2) is 18.8. The number of piperidine rings is 2. The third kappa shape index (κ3) is 9.88. The fourth-order valence-corrected chi connectivity index (χ4v) is 8.26. The van der Waals surface area contributed by atoms with Crippen LogP contribution in [-0.4, -0.2) is 131 Å². The number of hydrogen-bond donors (Lipinski definition) is 2. The number of urea groups is 1. The van der Waals surface area contributed by atoms with Crippen LogP contribution in [0.2, 0.25) is 0 Å². The van der Waals surface area contributed by atoms with Gasteiger partial charge in [-0.3, -0.25) is 14.5 Å². The maximum absolute atomic E-state index is 14.4. The Morgan fingerprint density at radius 3 is 2.38 bits per heavy atom. The maximum Gasteiger partial charge on any atom is 0.510 e. The Kier molecular flexibility index (Phi) is 13.7. The zero-order chi connectivity index (χ0) is 39.8. The second-order valence-electron chi connectivity index (χ2n) is 15.4. The molecule has 6 rings (SSSR count). The van der Waals surface area contributed by atoms with Gasteiger partial charge in [0.25, 0.3) is 5.56 Å². The number of fused-ring (bicyclic) bond motifs is 1. The van der Waals surface area contributed by atoms with Gasteiger partial charge in [-0.1, -0.05) is 38.6 Å². The average molecular weight is 771 g/mol. The number of benzene rings is 1. The SMILES string of the molecule is C=Cc1cc(C2CCN(C(=O)NC(Cc3cc(C)c4nn(COC(=O)OCCCC)cc4c3)C(=O)N3CCN(C4CCN(C)CC4)CC3)CC2)c(=O)[nH]c1C=C. The molecule has 3 amide bonds. The zero-order valence-electron chi connectivity index (χ0n) is 33.3. The topological polar surface area (TPSA) is 145 Å². The number of piperazine rings is 1. The minimum atomic E-state index is -0.785. The van der Waals surface area contributed by atoms with E-state index in [1.807, 2.05) is 36.9 Å². The molecule has 1 unspecified atom stereocenters. The van der Waals surface area contributed by atoms with Crippen LogP contribution in [0.5, 0.6) is 0 Å². The molecule has 0 spiro atoms. The summed E-state index contributed by atoms with van der Waals surface area (Å²) in [6.45, 7) is 17.8. The van der Waals surface area contributed by atoms with Crippen LogP contribution < -0.4 is 10.9 Å². The van der Waals surface area contributed by atoms with Gasteiger partial charge in [-0.25, -0.2) is 14.3 Å². The van der Waals surface area contributed by atoms with Gasteiger partial charge in [0.15, 0.2) is 6.73 Å². The lowest BCUT2D eigenvalue weighted by atomic mass is 9.89. The van der Waals surface area contributed by atoms with E-state index in [0.29, 0.717) is 69.3 Å². The standard InChI is InChI=1S/C42H58N8O6/c1-6-9-22-55-42(54)56-28-50-27-33-24-30(23-29(4)38(33)45-50)25-37(40(52)48-20-18-47(19-21-48)34-12-14-46(5)15-13-34)44-41(53)49-16-10-32(11-17-49)35-26-31(7-2)36(8-3)43-39(35)51/h7-8,23-24,26-27,32,34,37H,2-3,6,9-22,25,28H2,1,4-5H3,(H,43,51)(H,44,53). The molecule has 5 heterocycles. The highest BCUT2D eigenvalue weighted by Crippen LogP contribution is 2.28. The first kappa shape index (κ1) is 40.7. The monoisotopic (exact) mass is 770 g/mol. The normalized spacial score (nSPS) is 18.1. The summed E-state index contributed by atoms with van der Waals surface area (Å²) in [4.78, 5) is 64.7. The number of nitrogens with one attached hydrogen (secondary N) is 2. The van der Waals surface area contributed by atoms with Crippen LogP contribution in [0.3, 0.4) is 0 Å². The van der Waals surface area contributed by atoms with E-state index in [1.54, 1.807) is 27.9 Å². The summed E-state index contributed by atoms with van der Waals surface area (Å²) in [5.74, 6) is -0.100. The summed E-state index contributed by atoms with van der Waals surface area (Å²) in [6, 6.07) is 5.32. The first-order valence-electron chi connectivity index (χ1n) is 20.1. The number of likely N-dealkylation sites (tertiary alicyclic amines) is 2. The van der Waals surface area contributed by atoms with E-state index in [4.69, 9.17) is 9.47 Å². The van der Waals surface area contributed by atoms with Crippen molar-refractivity contribution in [2.45, 2.75) is 83.5 Å². The molecule has 3 aliphatic heterocycles. The van der Waals surface area contributed by atoms with E-state index >= 15 is 0 Å². The van der Waals surface area contributed by atoms with Gasteiger partial charge in [0.05, 0.1) is 12.1 Å². The van der Waals surface area contributed by atoms with Crippen molar-refractivity contribution in [3.63, 3.8) is 0 Å². The highest BCUT2D eigenvalue weighted by molar-refractivity contribution is 5.88. The molecule has 0 radical (unpaired) electrons. The molecule has 3 saturated heterocycles. The number of unbranched alkanes of at least 4 members (excludes halogenated alkanes) is 1.